The molecule has 0 aromatic carbocycles. The Hall–Kier alpha value is -1.12. The van der Waals surface area contributed by atoms with Crippen LogP contribution in [0.3, 0.4) is 0 Å². The molecule has 0 saturated heterocycles. The molecule has 3 fully saturated rings. The van der Waals surface area contributed by atoms with Gasteiger partial charge in [0.25, 0.3) is 0 Å². The fourth-order valence-corrected chi connectivity index (χ4v) is 7.45. The van der Waals surface area contributed by atoms with Crippen molar-refractivity contribution < 1.29 is 9.63 Å². The van der Waals surface area contributed by atoms with Crippen molar-refractivity contribution in [1.82, 2.24) is 0 Å². The van der Waals surface area contributed by atoms with Gasteiger partial charge in [-0.05, 0) is 86.5 Å². The average molecular weight is 344 g/mol. The van der Waals surface area contributed by atoms with E-state index in [1.807, 2.05) is 6.08 Å². The van der Waals surface area contributed by atoms with Gasteiger partial charge in [-0.1, -0.05) is 24.6 Å². The SMILES string of the molecule is CON=C(C)C1CCC2C3CCC4=CC(=O)CCC4(C)C3CCC12C. The molecule has 4 aliphatic carbocycles. The van der Waals surface area contributed by atoms with Gasteiger partial charge in [0.05, 0.1) is 5.71 Å². The fourth-order valence-electron chi connectivity index (χ4n) is 7.45. The van der Waals surface area contributed by atoms with Crippen LogP contribution in [0.5, 0.6) is 0 Å². The monoisotopic (exact) mass is 343 g/mol. The van der Waals surface area contributed by atoms with Crippen LogP contribution in [-0.4, -0.2) is 18.6 Å². The largest absolute Gasteiger partial charge is 0.399 e. The molecule has 0 aromatic rings. The second-order valence-electron chi connectivity index (χ2n) is 9.56. The van der Waals surface area contributed by atoms with Gasteiger partial charge in [-0.15, -0.1) is 0 Å². The maximum atomic E-state index is 11.9. The van der Waals surface area contributed by atoms with Crippen molar-refractivity contribution in [2.75, 3.05) is 7.11 Å². The predicted molar refractivity (Wildman–Crippen MR) is 100 cm³/mol. The molecule has 4 aliphatic rings. The lowest BCUT2D eigenvalue weighted by Crippen LogP contribution is -2.51. The molecule has 0 bridgehead atoms. The molecule has 0 aliphatic heterocycles. The number of fused-ring (bicyclic) bond motifs is 5. The second kappa shape index (κ2) is 5.96. The third kappa shape index (κ3) is 2.44. The Morgan fingerprint density at radius 1 is 1.12 bits per heavy atom. The lowest BCUT2D eigenvalue weighted by atomic mass is 9.46. The maximum absolute atomic E-state index is 11.9. The Morgan fingerprint density at radius 3 is 2.68 bits per heavy atom. The summed E-state index contributed by atoms with van der Waals surface area (Å²) in [5, 5.41) is 4.30. The van der Waals surface area contributed by atoms with Crippen molar-refractivity contribution in [3.8, 4) is 0 Å². The van der Waals surface area contributed by atoms with Gasteiger partial charge in [0, 0.05) is 12.3 Å². The van der Waals surface area contributed by atoms with Gasteiger partial charge in [0.1, 0.15) is 7.11 Å². The van der Waals surface area contributed by atoms with E-state index in [1.54, 1.807) is 7.11 Å². The van der Waals surface area contributed by atoms with Crippen molar-refractivity contribution in [3.05, 3.63) is 11.6 Å². The minimum atomic E-state index is 0.284. The van der Waals surface area contributed by atoms with Crippen LogP contribution in [0.15, 0.2) is 16.8 Å². The van der Waals surface area contributed by atoms with Gasteiger partial charge < -0.3 is 4.84 Å². The molecule has 6 atom stereocenters. The molecule has 0 N–H and O–H groups in total. The van der Waals surface area contributed by atoms with E-state index in [0.717, 1.165) is 37.0 Å². The highest BCUT2D eigenvalue weighted by Crippen LogP contribution is 2.66. The number of allylic oxidation sites excluding steroid dienone is 1. The van der Waals surface area contributed by atoms with E-state index in [1.165, 1.54) is 43.4 Å². The molecular weight excluding hydrogens is 310 g/mol. The van der Waals surface area contributed by atoms with Crippen LogP contribution >= 0.6 is 0 Å². The number of hydrogen-bond acceptors (Lipinski definition) is 3. The minimum absolute atomic E-state index is 0.284. The first-order chi connectivity index (χ1) is 11.9. The van der Waals surface area contributed by atoms with Gasteiger partial charge in [-0.25, -0.2) is 0 Å². The Kier molecular flexibility index (Phi) is 4.12. The zero-order valence-electron chi connectivity index (χ0n) is 16.3. The average Bonchev–Trinajstić information content (AvgIpc) is 2.93. The Bertz CT molecular complexity index is 636. The summed E-state index contributed by atoms with van der Waals surface area (Å²) in [6.07, 6.45) is 11.5. The normalized spacial score (nSPS) is 46.8. The third-order valence-electron chi connectivity index (χ3n) is 8.70. The summed E-state index contributed by atoms with van der Waals surface area (Å²) in [5.41, 5.74) is 3.33. The first-order valence-electron chi connectivity index (χ1n) is 10.2. The first kappa shape index (κ1) is 17.3. The molecule has 3 heteroatoms. The van der Waals surface area contributed by atoms with Crippen molar-refractivity contribution >= 4 is 11.5 Å². The van der Waals surface area contributed by atoms with Gasteiger partial charge in [-0.3, -0.25) is 4.79 Å². The van der Waals surface area contributed by atoms with Crippen molar-refractivity contribution in [3.63, 3.8) is 0 Å². The molecule has 0 spiro atoms. The Labute approximate surface area is 152 Å². The lowest BCUT2D eigenvalue weighted by Gasteiger charge is -2.58. The number of oxime groups is 1. The van der Waals surface area contributed by atoms with E-state index < -0.39 is 0 Å². The van der Waals surface area contributed by atoms with Crippen LogP contribution < -0.4 is 0 Å². The summed E-state index contributed by atoms with van der Waals surface area (Å²) < 4.78 is 0. The summed E-state index contributed by atoms with van der Waals surface area (Å²) in [4.78, 5) is 17.0. The van der Waals surface area contributed by atoms with E-state index in [-0.39, 0.29) is 5.41 Å². The van der Waals surface area contributed by atoms with Gasteiger partial charge >= 0.3 is 0 Å². The van der Waals surface area contributed by atoms with Crippen molar-refractivity contribution in [2.45, 2.75) is 72.1 Å². The van der Waals surface area contributed by atoms with Gasteiger partial charge in [0.2, 0.25) is 0 Å². The number of hydrogen-bond donors (Lipinski definition) is 0. The fraction of sp³-hybridized carbons (Fsp3) is 0.818. The summed E-state index contributed by atoms with van der Waals surface area (Å²) in [6.45, 7) is 7.15. The molecule has 0 aromatic heterocycles. The zero-order chi connectivity index (χ0) is 17.8. The van der Waals surface area contributed by atoms with Crippen molar-refractivity contribution in [1.29, 1.82) is 0 Å². The summed E-state index contributed by atoms with van der Waals surface area (Å²) in [6, 6.07) is 0. The molecule has 0 radical (unpaired) electrons. The highest BCUT2D eigenvalue weighted by molar-refractivity contribution is 5.91. The highest BCUT2D eigenvalue weighted by Gasteiger charge is 2.59. The third-order valence-corrected chi connectivity index (χ3v) is 8.70. The van der Waals surface area contributed by atoms with E-state index >= 15 is 0 Å². The van der Waals surface area contributed by atoms with Crippen molar-refractivity contribution in [2.24, 2.45) is 39.7 Å². The Morgan fingerprint density at radius 2 is 1.92 bits per heavy atom. The predicted octanol–water partition coefficient (Wildman–Crippen LogP) is 5.16. The van der Waals surface area contributed by atoms with Crippen LogP contribution in [0.1, 0.15) is 72.1 Å². The molecular formula is C22H33NO2. The molecule has 3 nitrogen and oxygen atoms in total. The van der Waals surface area contributed by atoms with Crippen LogP contribution in [0.2, 0.25) is 0 Å². The first-order valence-corrected chi connectivity index (χ1v) is 10.2. The van der Waals surface area contributed by atoms with Crippen LogP contribution in [-0.2, 0) is 9.63 Å². The molecule has 25 heavy (non-hydrogen) atoms. The lowest BCUT2D eigenvalue weighted by molar-refractivity contribution is -0.117. The van der Waals surface area contributed by atoms with Crippen LogP contribution in [0.4, 0.5) is 0 Å². The minimum Gasteiger partial charge on any atom is -0.399 e. The number of carbonyl (C=O) groups excluding carboxylic acids is 1. The Balaban J connectivity index is 1.64. The summed E-state index contributed by atoms with van der Waals surface area (Å²) >= 11 is 0. The second-order valence-corrected chi connectivity index (χ2v) is 9.56. The number of ketones is 1. The maximum Gasteiger partial charge on any atom is 0.155 e. The van der Waals surface area contributed by atoms with Gasteiger partial charge in [0.15, 0.2) is 5.78 Å². The number of rotatable bonds is 2. The topological polar surface area (TPSA) is 38.7 Å². The van der Waals surface area contributed by atoms with E-state index in [0.29, 0.717) is 17.1 Å². The standard InChI is InChI=1S/C22H33NO2/c1-14(23-25-4)18-7-8-19-17-6-5-15-13-16(24)9-11-21(15,2)20(17)10-12-22(18,19)3/h13,17-20H,5-12H2,1-4H3. The number of nitrogens with zero attached hydrogens (tertiary/aromatic N) is 1. The summed E-state index contributed by atoms with van der Waals surface area (Å²) in [5.74, 6) is 3.36. The van der Waals surface area contributed by atoms with Crippen LogP contribution in [0.25, 0.3) is 0 Å². The van der Waals surface area contributed by atoms with E-state index in [4.69, 9.17) is 4.84 Å². The molecule has 0 heterocycles. The van der Waals surface area contributed by atoms with Crippen LogP contribution in [0, 0.1) is 34.5 Å². The quantitative estimate of drug-likeness (QED) is 0.513. The molecule has 3 saturated carbocycles. The molecule has 6 unspecified atom stereocenters. The molecule has 138 valence electrons. The van der Waals surface area contributed by atoms with E-state index in [9.17, 15) is 4.79 Å². The zero-order valence-corrected chi connectivity index (χ0v) is 16.3. The molecule has 4 rings (SSSR count). The number of carbonyl (C=O) groups is 1. The smallest absolute Gasteiger partial charge is 0.155 e. The molecule has 0 amide bonds. The highest BCUT2D eigenvalue weighted by atomic mass is 16.6. The van der Waals surface area contributed by atoms with Gasteiger partial charge in [-0.2, -0.15) is 0 Å². The van der Waals surface area contributed by atoms with E-state index in [2.05, 4.69) is 25.9 Å². The summed E-state index contributed by atoms with van der Waals surface area (Å²) in [7, 11) is 1.66.